The van der Waals surface area contributed by atoms with Gasteiger partial charge in [-0.25, -0.2) is 4.39 Å². The van der Waals surface area contributed by atoms with Gasteiger partial charge in [-0.3, -0.25) is 4.79 Å². The fraction of sp³-hybridized carbons (Fsp3) is 0.500. The van der Waals surface area contributed by atoms with Crippen LogP contribution in [0, 0.1) is 5.82 Å². The van der Waals surface area contributed by atoms with Gasteiger partial charge in [0.1, 0.15) is 5.82 Å². The topological polar surface area (TPSA) is 52.3 Å². The van der Waals surface area contributed by atoms with E-state index >= 15 is 0 Å². The van der Waals surface area contributed by atoms with Crippen LogP contribution in [-0.4, -0.2) is 24.4 Å². The van der Waals surface area contributed by atoms with Crippen LogP contribution in [-0.2, 0) is 9.53 Å². The number of thioether (sulfide) groups is 1. The maximum Gasteiger partial charge on any atom is 0.315 e. The van der Waals surface area contributed by atoms with E-state index in [9.17, 15) is 9.18 Å². The van der Waals surface area contributed by atoms with Crippen molar-refractivity contribution >= 4 is 17.7 Å². The van der Waals surface area contributed by atoms with Crippen molar-refractivity contribution in [1.29, 1.82) is 0 Å². The lowest BCUT2D eigenvalue weighted by Gasteiger charge is -2.23. The first-order valence-corrected chi connectivity index (χ1v) is 7.42. The number of ether oxygens (including phenoxy) is 1. The maximum atomic E-state index is 13.8. The fourth-order valence-corrected chi connectivity index (χ4v) is 2.93. The Morgan fingerprint density at radius 1 is 1.42 bits per heavy atom. The van der Waals surface area contributed by atoms with E-state index in [1.807, 2.05) is 6.92 Å². The lowest BCUT2D eigenvalue weighted by atomic mass is 10.0. The summed E-state index contributed by atoms with van der Waals surface area (Å²) in [6.07, 6.45) is 0.717. The molecule has 0 aliphatic rings. The summed E-state index contributed by atoms with van der Waals surface area (Å²) >= 11 is 1.33. The number of rotatable bonds is 7. The zero-order valence-corrected chi connectivity index (χ0v) is 12.1. The molecule has 0 spiro atoms. The van der Waals surface area contributed by atoms with Crippen LogP contribution in [0.2, 0.25) is 0 Å². The van der Waals surface area contributed by atoms with Crippen LogP contribution in [0.15, 0.2) is 24.3 Å². The normalized spacial score (nSPS) is 13.9. The van der Waals surface area contributed by atoms with Crippen molar-refractivity contribution in [3.05, 3.63) is 35.6 Å². The van der Waals surface area contributed by atoms with E-state index in [1.54, 1.807) is 25.1 Å². The number of esters is 1. The van der Waals surface area contributed by atoms with Gasteiger partial charge >= 0.3 is 5.97 Å². The predicted molar refractivity (Wildman–Crippen MR) is 76.5 cm³/mol. The Morgan fingerprint density at radius 3 is 2.68 bits per heavy atom. The molecule has 19 heavy (non-hydrogen) atoms. The third-order valence-electron chi connectivity index (χ3n) is 2.76. The van der Waals surface area contributed by atoms with Crippen molar-refractivity contribution < 1.29 is 13.9 Å². The number of carbonyl (C=O) groups is 1. The molecule has 0 saturated heterocycles. The lowest BCUT2D eigenvalue weighted by molar-refractivity contribution is -0.139. The molecule has 2 N–H and O–H groups in total. The van der Waals surface area contributed by atoms with E-state index in [4.69, 9.17) is 10.5 Å². The Morgan fingerprint density at radius 2 is 2.11 bits per heavy atom. The predicted octanol–water partition coefficient (Wildman–Crippen LogP) is 2.90. The zero-order chi connectivity index (χ0) is 14.3. The highest BCUT2D eigenvalue weighted by Crippen LogP contribution is 2.34. The van der Waals surface area contributed by atoms with Crippen LogP contribution in [0.3, 0.4) is 0 Å². The Bertz CT molecular complexity index is 414. The van der Waals surface area contributed by atoms with Crippen molar-refractivity contribution in [2.24, 2.45) is 5.73 Å². The van der Waals surface area contributed by atoms with Crippen molar-refractivity contribution in [3.8, 4) is 0 Å². The second-order valence-corrected chi connectivity index (χ2v) is 5.26. The summed E-state index contributed by atoms with van der Waals surface area (Å²) in [5.41, 5.74) is 6.59. The first-order chi connectivity index (χ1) is 9.10. The molecule has 0 bridgehead atoms. The molecule has 2 atom stereocenters. The van der Waals surface area contributed by atoms with E-state index in [2.05, 4.69) is 0 Å². The second-order valence-electron chi connectivity index (χ2n) is 4.13. The highest BCUT2D eigenvalue weighted by Gasteiger charge is 2.23. The fourth-order valence-electron chi connectivity index (χ4n) is 1.72. The van der Waals surface area contributed by atoms with Crippen LogP contribution in [0.25, 0.3) is 0 Å². The van der Waals surface area contributed by atoms with Crippen LogP contribution in [0.5, 0.6) is 0 Å². The van der Waals surface area contributed by atoms with E-state index < -0.39 is 0 Å². The Labute approximate surface area is 117 Å². The molecule has 0 aliphatic heterocycles. The SMILES string of the molecule is CCOC(=O)CSC(c1ccccc1F)C(N)CC. The largest absolute Gasteiger partial charge is 0.465 e. The van der Waals surface area contributed by atoms with Crippen LogP contribution in [0.1, 0.15) is 31.1 Å². The summed E-state index contributed by atoms with van der Waals surface area (Å²) in [5, 5.41) is -0.240. The van der Waals surface area contributed by atoms with Gasteiger partial charge in [0.05, 0.1) is 12.4 Å². The van der Waals surface area contributed by atoms with Gasteiger partial charge in [0.15, 0.2) is 0 Å². The molecule has 0 saturated carbocycles. The molecule has 0 aromatic heterocycles. The number of nitrogens with two attached hydrogens (primary N) is 1. The average Bonchev–Trinajstić information content (AvgIpc) is 2.40. The standard InChI is InChI=1S/C14H20FNO2S/c1-3-12(16)14(19-9-13(17)18-4-2)10-7-5-6-8-11(10)15/h5-8,12,14H,3-4,9,16H2,1-2H3. The summed E-state index contributed by atoms with van der Waals surface area (Å²) in [6.45, 7) is 4.06. The molecule has 5 heteroatoms. The minimum Gasteiger partial charge on any atom is -0.465 e. The molecule has 3 nitrogen and oxygen atoms in total. The molecule has 106 valence electrons. The van der Waals surface area contributed by atoms with Gasteiger partial charge in [0.25, 0.3) is 0 Å². The minimum atomic E-state index is -0.294. The highest BCUT2D eigenvalue weighted by atomic mass is 32.2. The van der Waals surface area contributed by atoms with Crippen molar-refractivity contribution in [2.45, 2.75) is 31.6 Å². The Hall–Kier alpha value is -1.07. The Balaban J connectivity index is 2.79. The quantitative estimate of drug-likeness (QED) is 0.783. The molecular formula is C14H20FNO2S. The van der Waals surface area contributed by atoms with E-state index in [-0.39, 0.29) is 28.8 Å². The molecule has 1 aromatic rings. The van der Waals surface area contributed by atoms with Crippen LogP contribution in [0.4, 0.5) is 4.39 Å². The van der Waals surface area contributed by atoms with Gasteiger partial charge in [-0.15, -0.1) is 11.8 Å². The van der Waals surface area contributed by atoms with Crippen molar-refractivity contribution in [3.63, 3.8) is 0 Å². The van der Waals surface area contributed by atoms with Crippen LogP contribution >= 0.6 is 11.8 Å². The third kappa shape index (κ3) is 4.84. The molecule has 0 radical (unpaired) electrons. The second kappa shape index (κ2) is 8.17. The van der Waals surface area contributed by atoms with E-state index in [0.717, 1.165) is 6.42 Å². The molecule has 2 unspecified atom stereocenters. The number of hydrogen-bond donors (Lipinski definition) is 1. The third-order valence-corrected chi connectivity index (χ3v) is 4.12. The van der Waals surface area contributed by atoms with Crippen LogP contribution < -0.4 is 5.73 Å². The van der Waals surface area contributed by atoms with Gasteiger partial charge in [0, 0.05) is 16.9 Å². The summed E-state index contributed by atoms with van der Waals surface area (Å²) in [4.78, 5) is 11.4. The highest BCUT2D eigenvalue weighted by molar-refractivity contribution is 8.00. The average molecular weight is 285 g/mol. The summed E-state index contributed by atoms with van der Waals surface area (Å²) < 4.78 is 18.7. The monoisotopic (exact) mass is 285 g/mol. The van der Waals surface area contributed by atoms with Gasteiger partial charge < -0.3 is 10.5 Å². The van der Waals surface area contributed by atoms with Crippen molar-refractivity contribution in [1.82, 2.24) is 0 Å². The van der Waals surface area contributed by atoms with Gasteiger partial charge in [0.2, 0.25) is 0 Å². The minimum absolute atomic E-state index is 0.181. The van der Waals surface area contributed by atoms with E-state index in [0.29, 0.717) is 12.2 Å². The molecule has 0 fully saturated rings. The maximum absolute atomic E-state index is 13.8. The zero-order valence-electron chi connectivity index (χ0n) is 11.3. The number of halogens is 1. The molecule has 0 amide bonds. The summed E-state index contributed by atoms with van der Waals surface area (Å²) in [6, 6.07) is 6.35. The number of benzene rings is 1. The number of carbonyl (C=O) groups excluding carboxylic acids is 1. The molecule has 0 aliphatic carbocycles. The molecule has 1 rings (SSSR count). The molecule has 0 heterocycles. The van der Waals surface area contributed by atoms with E-state index in [1.165, 1.54) is 17.8 Å². The van der Waals surface area contributed by atoms with Crippen molar-refractivity contribution in [2.75, 3.05) is 12.4 Å². The lowest BCUT2D eigenvalue weighted by Crippen LogP contribution is -2.27. The smallest absolute Gasteiger partial charge is 0.315 e. The Kier molecular flexibility index (Phi) is 6.87. The molecular weight excluding hydrogens is 265 g/mol. The summed E-state index contributed by atoms with van der Waals surface area (Å²) in [5.74, 6) is -0.398. The van der Waals surface area contributed by atoms with Gasteiger partial charge in [-0.1, -0.05) is 25.1 Å². The summed E-state index contributed by atoms with van der Waals surface area (Å²) in [7, 11) is 0. The first-order valence-electron chi connectivity index (χ1n) is 6.37. The van der Waals surface area contributed by atoms with Gasteiger partial charge in [-0.2, -0.15) is 0 Å². The van der Waals surface area contributed by atoms with Gasteiger partial charge in [-0.05, 0) is 19.4 Å². The first kappa shape index (κ1) is 16.0. The number of hydrogen-bond acceptors (Lipinski definition) is 4. The molecule has 1 aromatic carbocycles.